The predicted molar refractivity (Wildman–Crippen MR) is 113 cm³/mol. The molecule has 0 bridgehead atoms. The number of anilines is 2. The summed E-state index contributed by atoms with van der Waals surface area (Å²) in [5.74, 6) is -1.02. The van der Waals surface area contributed by atoms with Crippen LogP contribution >= 0.6 is 11.6 Å². The quantitative estimate of drug-likeness (QED) is 0.407. The van der Waals surface area contributed by atoms with Crippen LogP contribution in [0.4, 0.5) is 33.7 Å². The molecule has 3 rings (SSSR count). The number of hydrogen-bond acceptors (Lipinski definition) is 4. The molecule has 0 spiro atoms. The fourth-order valence-electron chi connectivity index (χ4n) is 2.60. The molecule has 3 aromatic rings. The van der Waals surface area contributed by atoms with Gasteiger partial charge in [0, 0.05) is 25.4 Å². The topological polar surface area (TPSA) is 92.4 Å². The molecule has 0 aliphatic carbocycles. The number of carbonyl (C=O) groups excluding carboxylic acids is 2. The zero-order valence-electron chi connectivity index (χ0n) is 16.8. The van der Waals surface area contributed by atoms with E-state index in [0.29, 0.717) is 6.07 Å². The molecule has 0 aliphatic rings. The van der Waals surface area contributed by atoms with E-state index in [2.05, 4.69) is 20.9 Å². The van der Waals surface area contributed by atoms with Gasteiger partial charge >= 0.3 is 12.2 Å². The number of nitrogens with one attached hydrogen (secondary N) is 3. The van der Waals surface area contributed by atoms with Crippen molar-refractivity contribution in [2.45, 2.75) is 6.18 Å². The van der Waals surface area contributed by atoms with Crippen molar-refractivity contribution in [3.63, 3.8) is 0 Å². The third kappa shape index (κ3) is 6.10. The van der Waals surface area contributed by atoms with Crippen molar-refractivity contribution in [2.24, 2.45) is 0 Å². The van der Waals surface area contributed by atoms with Crippen LogP contribution in [0.25, 0.3) is 0 Å². The molecule has 0 saturated carbocycles. The van der Waals surface area contributed by atoms with E-state index in [9.17, 15) is 27.2 Å². The Labute approximate surface area is 189 Å². The highest BCUT2D eigenvalue weighted by molar-refractivity contribution is 6.33. The second kappa shape index (κ2) is 9.74. The molecule has 1 aromatic heterocycles. The molecule has 1 heterocycles. The van der Waals surface area contributed by atoms with Crippen molar-refractivity contribution in [2.75, 3.05) is 17.7 Å². The molecular weight excluding hydrogens is 468 g/mol. The summed E-state index contributed by atoms with van der Waals surface area (Å²) in [6, 6.07) is 7.75. The molecule has 172 valence electrons. The van der Waals surface area contributed by atoms with Crippen LogP contribution in [0.1, 0.15) is 16.1 Å². The van der Waals surface area contributed by atoms with Gasteiger partial charge < -0.3 is 20.7 Å². The van der Waals surface area contributed by atoms with E-state index in [4.69, 9.17) is 16.3 Å². The fraction of sp³-hybridized carbons (Fsp3) is 0.0952. The molecule has 0 aliphatic heterocycles. The minimum atomic E-state index is -4.63. The first-order chi connectivity index (χ1) is 15.6. The van der Waals surface area contributed by atoms with Crippen molar-refractivity contribution in [3.05, 3.63) is 76.8 Å². The summed E-state index contributed by atoms with van der Waals surface area (Å²) in [4.78, 5) is 27.7. The number of pyridine rings is 1. The van der Waals surface area contributed by atoms with E-state index in [1.54, 1.807) is 0 Å². The number of ether oxygens (including phenoxy) is 1. The molecule has 2 aromatic carbocycles. The Morgan fingerprint density at radius 3 is 2.33 bits per heavy atom. The molecule has 0 fully saturated rings. The van der Waals surface area contributed by atoms with Gasteiger partial charge in [0.05, 0.1) is 22.0 Å². The van der Waals surface area contributed by atoms with Crippen molar-refractivity contribution in [1.82, 2.24) is 10.3 Å². The first kappa shape index (κ1) is 23.8. The molecule has 33 heavy (non-hydrogen) atoms. The van der Waals surface area contributed by atoms with Gasteiger partial charge in [-0.2, -0.15) is 13.2 Å². The third-order valence-corrected chi connectivity index (χ3v) is 4.49. The minimum Gasteiger partial charge on any atom is -0.457 e. The Hall–Kier alpha value is -3.86. The maximum absolute atomic E-state index is 14.4. The molecule has 3 amide bonds. The number of amides is 3. The molecule has 7 nitrogen and oxygen atoms in total. The average Bonchev–Trinajstić information content (AvgIpc) is 2.76. The third-order valence-electron chi connectivity index (χ3n) is 4.16. The van der Waals surface area contributed by atoms with Crippen LogP contribution in [0, 0.1) is 5.82 Å². The Kier molecular flexibility index (Phi) is 7.02. The lowest BCUT2D eigenvalue weighted by molar-refractivity contribution is -0.137. The van der Waals surface area contributed by atoms with Gasteiger partial charge in [-0.1, -0.05) is 11.6 Å². The monoisotopic (exact) mass is 482 g/mol. The number of nitrogens with zero attached hydrogens (tertiary/aromatic N) is 1. The van der Waals surface area contributed by atoms with E-state index < -0.39 is 29.5 Å². The van der Waals surface area contributed by atoms with E-state index in [-0.39, 0.29) is 33.6 Å². The van der Waals surface area contributed by atoms with E-state index in [0.717, 1.165) is 18.2 Å². The normalized spacial score (nSPS) is 11.0. The second-order valence-electron chi connectivity index (χ2n) is 6.47. The summed E-state index contributed by atoms with van der Waals surface area (Å²) in [7, 11) is 1.44. The molecule has 3 N–H and O–H groups in total. The summed E-state index contributed by atoms with van der Waals surface area (Å²) >= 11 is 5.83. The Morgan fingerprint density at radius 1 is 0.970 bits per heavy atom. The molecule has 0 saturated heterocycles. The molecule has 12 heteroatoms. The zero-order valence-corrected chi connectivity index (χ0v) is 17.5. The smallest absolute Gasteiger partial charge is 0.416 e. The van der Waals surface area contributed by atoms with E-state index in [1.807, 2.05) is 0 Å². The van der Waals surface area contributed by atoms with Gasteiger partial charge in [-0.25, -0.2) is 9.18 Å². The largest absolute Gasteiger partial charge is 0.457 e. The summed E-state index contributed by atoms with van der Waals surface area (Å²) in [6.07, 6.45) is -3.29. The number of alkyl halides is 3. The number of hydrogen-bond donors (Lipinski definition) is 3. The lowest BCUT2D eigenvalue weighted by Crippen LogP contribution is -2.20. The van der Waals surface area contributed by atoms with Gasteiger partial charge in [-0.3, -0.25) is 9.78 Å². The van der Waals surface area contributed by atoms with Crippen molar-refractivity contribution in [1.29, 1.82) is 0 Å². The highest BCUT2D eigenvalue weighted by Crippen LogP contribution is 2.34. The first-order valence-electron chi connectivity index (χ1n) is 9.17. The molecule has 0 unspecified atom stereocenters. The number of rotatable bonds is 5. The number of carbonyl (C=O) groups is 2. The van der Waals surface area contributed by atoms with E-state index in [1.165, 1.54) is 37.5 Å². The average molecular weight is 483 g/mol. The number of halogens is 5. The minimum absolute atomic E-state index is 0.0634. The van der Waals surface area contributed by atoms with Gasteiger partial charge in [0.15, 0.2) is 0 Å². The van der Waals surface area contributed by atoms with Gasteiger partial charge in [0.2, 0.25) is 0 Å². The highest BCUT2D eigenvalue weighted by atomic mass is 35.5. The van der Waals surface area contributed by atoms with Crippen LogP contribution in [0.2, 0.25) is 5.02 Å². The van der Waals surface area contributed by atoms with Crippen LogP contribution in [-0.2, 0) is 6.18 Å². The van der Waals surface area contributed by atoms with Crippen LogP contribution < -0.4 is 20.7 Å². The molecule has 0 radical (unpaired) electrons. The van der Waals surface area contributed by atoms with Crippen molar-refractivity contribution >= 4 is 34.9 Å². The maximum Gasteiger partial charge on any atom is 0.416 e. The van der Waals surface area contributed by atoms with Crippen LogP contribution in [0.15, 0.2) is 54.7 Å². The lowest BCUT2D eigenvalue weighted by atomic mass is 10.2. The molecular formula is C21H15ClF4N4O3. The highest BCUT2D eigenvalue weighted by Gasteiger charge is 2.31. The lowest BCUT2D eigenvalue weighted by Gasteiger charge is -2.13. The van der Waals surface area contributed by atoms with Crippen LogP contribution in [0.5, 0.6) is 11.5 Å². The predicted octanol–water partition coefficient (Wildman–Crippen LogP) is 5.69. The Balaban J connectivity index is 1.70. The SMILES string of the molecule is CNC(=O)c1cc(Oc2ccc(NC(=O)Nc3cc(C(F)(F)F)ccc3Cl)c(F)c2)ccn1. The summed E-state index contributed by atoms with van der Waals surface area (Å²) in [5.41, 5.74) is -1.47. The van der Waals surface area contributed by atoms with Gasteiger partial charge in [-0.15, -0.1) is 0 Å². The summed E-state index contributed by atoms with van der Waals surface area (Å²) in [5, 5.41) is 6.62. The number of benzene rings is 2. The number of urea groups is 1. The molecule has 0 atom stereocenters. The maximum atomic E-state index is 14.4. The van der Waals surface area contributed by atoms with Gasteiger partial charge in [0.25, 0.3) is 5.91 Å². The summed E-state index contributed by atoms with van der Waals surface area (Å²) < 4.78 is 58.5. The first-order valence-corrected chi connectivity index (χ1v) is 9.55. The standard InChI is InChI=1S/C21H15ClF4N4O3/c1-27-19(31)18-10-13(6-7-28-18)33-12-3-5-16(15(23)9-12)29-20(32)30-17-8-11(21(24,25)26)2-4-14(17)22/h2-10H,1H3,(H,27,31)(H2,29,30,32). The number of aromatic nitrogens is 1. The van der Waals surface area contributed by atoms with Crippen LogP contribution in [-0.4, -0.2) is 24.0 Å². The second-order valence-corrected chi connectivity index (χ2v) is 6.88. The zero-order chi connectivity index (χ0) is 24.2. The van der Waals surface area contributed by atoms with Gasteiger partial charge in [-0.05, 0) is 36.4 Å². The van der Waals surface area contributed by atoms with Crippen molar-refractivity contribution in [3.8, 4) is 11.5 Å². The van der Waals surface area contributed by atoms with Crippen molar-refractivity contribution < 1.29 is 31.9 Å². The van der Waals surface area contributed by atoms with Gasteiger partial charge in [0.1, 0.15) is 23.0 Å². The van der Waals surface area contributed by atoms with E-state index >= 15 is 0 Å². The Bertz CT molecular complexity index is 1200. The van der Waals surface area contributed by atoms with Crippen LogP contribution in [0.3, 0.4) is 0 Å². The summed E-state index contributed by atoms with van der Waals surface area (Å²) in [6.45, 7) is 0. The fourth-order valence-corrected chi connectivity index (χ4v) is 2.76. The Morgan fingerprint density at radius 2 is 1.67 bits per heavy atom.